The predicted octanol–water partition coefficient (Wildman–Crippen LogP) is 3.98. The summed E-state index contributed by atoms with van der Waals surface area (Å²) in [4.78, 5) is 19.2. The van der Waals surface area contributed by atoms with Crippen LogP contribution < -0.4 is 14.8 Å². The molecule has 2 amide bonds. The average molecular weight is 363 g/mol. The number of carbonyl (C=O) groups is 1. The Balaban J connectivity index is 1.58. The fraction of sp³-hybridized carbons (Fsp3) is 0.238. The van der Waals surface area contributed by atoms with Crippen molar-refractivity contribution in [3.8, 4) is 11.6 Å². The van der Waals surface area contributed by atoms with Gasteiger partial charge in [0.05, 0.1) is 25.7 Å². The van der Waals surface area contributed by atoms with Crippen LogP contribution in [0, 0.1) is 6.92 Å². The van der Waals surface area contributed by atoms with Crippen LogP contribution in [-0.2, 0) is 6.54 Å². The molecule has 4 rings (SSSR count). The number of ether oxygens (including phenoxy) is 2. The first-order valence-corrected chi connectivity index (χ1v) is 8.86. The Bertz CT molecular complexity index is 1000. The van der Waals surface area contributed by atoms with Gasteiger partial charge < -0.3 is 19.7 Å². The van der Waals surface area contributed by atoms with Crippen LogP contribution in [0.25, 0.3) is 10.9 Å². The quantitative estimate of drug-likeness (QED) is 0.748. The lowest BCUT2D eigenvalue weighted by molar-refractivity contribution is 0.200. The Morgan fingerprint density at radius 1 is 1.22 bits per heavy atom. The summed E-state index contributed by atoms with van der Waals surface area (Å²) >= 11 is 0. The maximum atomic E-state index is 12.7. The summed E-state index contributed by atoms with van der Waals surface area (Å²) in [5, 5.41) is 3.97. The van der Waals surface area contributed by atoms with Crippen molar-refractivity contribution in [1.29, 1.82) is 0 Å². The van der Waals surface area contributed by atoms with Crippen LogP contribution >= 0.6 is 0 Å². The molecule has 0 unspecified atom stereocenters. The minimum atomic E-state index is -0.177. The molecule has 1 aromatic heterocycles. The van der Waals surface area contributed by atoms with E-state index in [0.29, 0.717) is 37.0 Å². The van der Waals surface area contributed by atoms with Crippen molar-refractivity contribution < 1.29 is 14.3 Å². The van der Waals surface area contributed by atoms with Crippen molar-refractivity contribution in [2.24, 2.45) is 0 Å². The summed E-state index contributed by atoms with van der Waals surface area (Å²) in [5.41, 5.74) is 3.64. The molecule has 0 bridgehead atoms. The maximum absolute atomic E-state index is 12.7. The molecular weight excluding hydrogens is 342 g/mol. The normalized spacial score (nSPS) is 13.5. The summed E-state index contributed by atoms with van der Waals surface area (Å²) in [6.45, 7) is 3.37. The molecule has 0 fully saturated rings. The Kier molecular flexibility index (Phi) is 4.54. The monoisotopic (exact) mass is 363 g/mol. The van der Waals surface area contributed by atoms with Crippen molar-refractivity contribution in [2.45, 2.75) is 13.5 Å². The second-order valence-corrected chi connectivity index (χ2v) is 6.53. The molecule has 3 aromatic rings. The lowest BCUT2D eigenvalue weighted by Gasteiger charge is -2.20. The molecule has 27 heavy (non-hydrogen) atoms. The molecule has 2 heterocycles. The highest BCUT2D eigenvalue weighted by molar-refractivity contribution is 5.90. The number of hydrogen-bond acceptors (Lipinski definition) is 4. The van der Waals surface area contributed by atoms with Crippen LogP contribution in [0.3, 0.4) is 0 Å². The van der Waals surface area contributed by atoms with E-state index in [0.717, 1.165) is 22.0 Å². The minimum Gasteiger partial charge on any atom is -0.497 e. The van der Waals surface area contributed by atoms with E-state index in [9.17, 15) is 4.79 Å². The number of nitrogens with zero attached hydrogens (tertiary/aromatic N) is 2. The van der Waals surface area contributed by atoms with E-state index in [-0.39, 0.29) is 6.03 Å². The van der Waals surface area contributed by atoms with Gasteiger partial charge in [-0.05, 0) is 30.7 Å². The molecule has 6 nitrogen and oxygen atoms in total. The number of hydrogen-bond donors (Lipinski definition) is 1. The first-order chi connectivity index (χ1) is 13.1. The van der Waals surface area contributed by atoms with Crippen LogP contribution in [0.4, 0.5) is 10.5 Å². The smallest absolute Gasteiger partial charge is 0.322 e. The van der Waals surface area contributed by atoms with Gasteiger partial charge in [-0.2, -0.15) is 0 Å². The molecule has 1 aliphatic rings. The van der Waals surface area contributed by atoms with Gasteiger partial charge in [-0.1, -0.05) is 24.3 Å². The number of anilines is 1. The van der Waals surface area contributed by atoms with Gasteiger partial charge in [-0.3, -0.25) is 0 Å². The lowest BCUT2D eigenvalue weighted by Crippen LogP contribution is -2.36. The van der Waals surface area contributed by atoms with E-state index in [1.165, 1.54) is 0 Å². The maximum Gasteiger partial charge on any atom is 0.322 e. The number of para-hydroxylation sites is 1. The standard InChI is InChI=1S/C21H21N3O3/c1-14-5-3-6-15-11-16-13-24(9-10-27-20(16)23-19(14)15)21(25)22-17-7-4-8-18(12-17)26-2/h3-8,11-12H,9-10,13H2,1-2H3,(H,22,25). The van der Waals surface area contributed by atoms with Gasteiger partial charge in [-0.25, -0.2) is 9.78 Å². The number of methoxy groups -OCH3 is 1. The number of pyridine rings is 1. The number of aryl methyl sites for hydroxylation is 1. The molecule has 1 N–H and O–H groups in total. The van der Waals surface area contributed by atoms with E-state index in [4.69, 9.17) is 9.47 Å². The number of aromatic nitrogens is 1. The fourth-order valence-corrected chi connectivity index (χ4v) is 3.23. The van der Waals surface area contributed by atoms with E-state index in [1.807, 2.05) is 43.3 Å². The summed E-state index contributed by atoms with van der Waals surface area (Å²) < 4.78 is 11.0. The van der Waals surface area contributed by atoms with E-state index < -0.39 is 0 Å². The second-order valence-electron chi connectivity index (χ2n) is 6.53. The highest BCUT2D eigenvalue weighted by Gasteiger charge is 2.21. The van der Waals surface area contributed by atoms with Gasteiger partial charge in [0.2, 0.25) is 5.88 Å². The number of fused-ring (bicyclic) bond motifs is 2. The molecule has 0 atom stereocenters. The zero-order valence-electron chi connectivity index (χ0n) is 15.4. The Morgan fingerprint density at radius 3 is 2.93 bits per heavy atom. The zero-order chi connectivity index (χ0) is 18.8. The van der Waals surface area contributed by atoms with Crippen molar-refractivity contribution in [3.63, 3.8) is 0 Å². The SMILES string of the molecule is COc1cccc(NC(=O)N2CCOc3nc4c(C)cccc4cc3C2)c1. The van der Waals surface area contributed by atoms with Gasteiger partial charge in [0.1, 0.15) is 12.4 Å². The Hall–Kier alpha value is -3.28. The van der Waals surface area contributed by atoms with Crippen molar-refractivity contribution >= 4 is 22.6 Å². The number of rotatable bonds is 2. The van der Waals surface area contributed by atoms with Gasteiger partial charge in [-0.15, -0.1) is 0 Å². The second kappa shape index (κ2) is 7.15. The summed E-state index contributed by atoms with van der Waals surface area (Å²) in [7, 11) is 1.60. The number of amides is 2. The largest absolute Gasteiger partial charge is 0.497 e. The highest BCUT2D eigenvalue weighted by atomic mass is 16.5. The average Bonchev–Trinajstić information content (AvgIpc) is 2.89. The summed E-state index contributed by atoms with van der Waals surface area (Å²) in [6.07, 6.45) is 0. The third kappa shape index (κ3) is 3.51. The van der Waals surface area contributed by atoms with E-state index in [2.05, 4.69) is 16.4 Å². The molecule has 0 spiro atoms. The molecule has 6 heteroatoms. The van der Waals surface area contributed by atoms with Crippen LogP contribution in [-0.4, -0.2) is 36.2 Å². The first kappa shape index (κ1) is 17.1. The van der Waals surface area contributed by atoms with Crippen molar-refractivity contribution in [3.05, 3.63) is 59.7 Å². The van der Waals surface area contributed by atoms with Crippen LogP contribution in [0.5, 0.6) is 11.6 Å². The number of urea groups is 1. The van der Waals surface area contributed by atoms with Gasteiger partial charge in [0.15, 0.2) is 0 Å². The van der Waals surface area contributed by atoms with Crippen LogP contribution in [0.1, 0.15) is 11.1 Å². The minimum absolute atomic E-state index is 0.177. The van der Waals surface area contributed by atoms with E-state index in [1.54, 1.807) is 18.1 Å². The topological polar surface area (TPSA) is 63.7 Å². The predicted molar refractivity (Wildman–Crippen MR) is 104 cm³/mol. The Labute approximate surface area is 157 Å². The number of carbonyl (C=O) groups excluding carboxylic acids is 1. The molecular formula is C21H21N3O3. The third-order valence-electron chi connectivity index (χ3n) is 4.66. The molecule has 0 radical (unpaired) electrons. The number of nitrogens with one attached hydrogen (secondary N) is 1. The van der Waals surface area contributed by atoms with Crippen LogP contribution in [0.2, 0.25) is 0 Å². The fourth-order valence-electron chi connectivity index (χ4n) is 3.23. The third-order valence-corrected chi connectivity index (χ3v) is 4.66. The molecule has 0 aliphatic carbocycles. The molecule has 2 aromatic carbocycles. The van der Waals surface area contributed by atoms with Gasteiger partial charge in [0.25, 0.3) is 0 Å². The van der Waals surface area contributed by atoms with Crippen LogP contribution in [0.15, 0.2) is 48.5 Å². The molecule has 138 valence electrons. The Morgan fingerprint density at radius 2 is 2.07 bits per heavy atom. The summed E-state index contributed by atoms with van der Waals surface area (Å²) in [5.74, 6) is 1.30. The molecule has 0 saturated heterocycles. The van der Waals surface area contributed by atoms with Gasteiger partial charge >= 0.3 is 6.03 Å². The molecule has 1 aliphatic heterocycles. The van der Waals surface area contributed by atoms with Gasteiger partial charge in [0, 0.05) is 22.7 Å². The zero-order valence-corrected chi connectivity index (χ0v) is 15.4. The first-order valence-electron chi connectivity index (χ1n) is 8.86. The van der Waals surface area contributed by atoms with E-state index >= 15 is 0 Å². The highest BCUT2D eigenvalue weighted by Crippen LogP contribution is 2.27. The molecule has 0 saturated carbocycles. The van der Waals surface area contributed by atoms with Crippen molar-refractivity contribution in [1.82, 2.24) is 9.88 Å². The summed E-state index contributed by atoms with van der Waals surface area (Å²) in [6, 6.07) is 15.3. The number of benzene rings is 2. The van der Waals surface area contributed by atoms with Crippen molar-refractivity contribution in [2.75, 3.05) is 25.6 Å². The lowest BCUT2D eigenvalue weighted by atomic mass is 10.1.